The Morgan fingerprint density at radius 3 is 2.32 bits per heavy atom. The summed E-state index contributed by atoms with van der Waals surface area (Å²) in [7, 11) is 0. The summed E-state index contributed by atoms with van der Waals surface area (Å²) >= 11 is 1.84. The van der Waals surface area contributed by atoms with E-state index >= 15 is 0 Å². The fourth-order valence-corrected chi connectivity index (χ4v) is 4.13. The Kier molecular flexibility index (Phi) is 2.49. The lowest BCUT2D eigenvalue weighted by Crippen LogP contribution is -2.00. The molecule has 104 valence electrons. The van der Waals surface area contributed by atoms with Crippen LogP contribution in [0, 0.1) is 0 Å². The van der Waals surface area contributed by atoms with Gasteiger partial charge in [-0.05, 0) is 46.5 Å². The van der Waals surface area contributed by atoms with Crippen molar-refractivity contribution in [3.63, 3.8) is 0 Å². The zero-order chi connectivity index (χ0) is 14.5. The third-order valence-electron chi connectivity index (χ3n) is 4.21. The van der Waals surface area contributed by atoms with Crippen LogP contribution in [0.5, 0.6) is 0 Å². The number of fused-ring (bicyclic) bond motifs is 5. The van der Waals surface area contributed by atoms with E-state index in [1.54, 1.807) is 0 Å². The number of nitrogens with one attached hydrogen (secondary N) is 1. The van der Waals surface area contributed by atoms with Crippen molar-refractivity contribution >= 4 is 44.7 Å². The molecular weight excluding hydrogens is 286 g/mol. The third kappa shape index (κ3) is 1.74. The molecule has 0 saturated heterocycles. The van der Waals surface area contributed by atoms with Crippen LogP contribution in [0.4, 0.5) is 11.4 Å². The lowest BCUT2D eigenvalue weighted by Gasteiger charge is -2.22. The van der Waals surface area contributed by atoms with Crippen LogP contribution in [0.3, 0.4) is 0 Å². The summed E-state index contributed by atoms with van der Waals surface area (Å²) in [6.45, 7) is 0. The van der Waals surface area contributed by atoms with E-state index in [1.165, 1.54) is 42.7 Å². The van der Waals surface area contributed by atoms with Crippen molar-refractivity contribution in [2.24, 2.45) is 0 Å². The first-order chi connectivity index (χ1) is 10.9. The second-order valence-corrected chi connectivity index (χ2v) is 6.67. The second kappa shape index (κ2) is 4.52. The minimum absolute atomic E-state index is 1.20. The molecule has 4 aromatic carbocycles. The van der Waals surface area contributed by atoms with Gasteiger partial charge >= 0.3 is 0 Å². The molecule has 0 radical (unpaired) electrons. The highest BCUT2D eigenvalue weighted by Crippen LogP contribution is 2.47. The van der Waals surface area contributed by atoms with Crippen molar-refractivity contribution in [1.29, 1.82) is 0 Å². The zero-order valence-electron chi connectivity index (χ0n) is 11.8. The number of anilines is 2. The predicted molar refractivity (Wildman–Crippen MR) is 95.3 cm³/mol. The molecule has 0 unspecified atom stereocenters. The third-order valence-corrected chi connectivity index (χ3v) is 5.35. The number of para-hydroxylation sites is 1. The van der Waals surface area contributed by atoms with Crippen molar-refractivity contribution in [2.45, 2.75) is 9.79 Å². The van der Waals surface area contributed by atoms with Gasteiger partial charge in [-0.15, -0.1) is 0 Å². The fourth-order valence-electron chi connectivity index (χ4n) is 3.12. The maximum Gasteiger partial charge on any atom is 0.0606 e. The smallest absolute Gasteiger partial charge is 0.0606 e. The first-order valence-electron chi connectivity index (χ1n) is 7.38. The van der Waals surface area contributed by atoms with Gasteiger partial charge in [0.15, 0.2) is 0 Å². The molecule has 1 aliphatic rings. The Hall–Kier alpha value is -2.45. The van der Waals surface area contributed by atoms with E-state index in [0.29, 0.717) is 0 Å². The Morgan fingerprint density at radius 1 is 0.636 bits per heavy atom. The van der Waals surface area contributed by atoms with Gasteiger partial charge in [0.25, 0.3) is 0 Å². The highest BCUT2D eigenvalue weighted by Gasteiger charge is 2.17. The minimum Gasteiger partial charge on any atom is -0.353 e. The summed E-state index contributed by atoms with van der Waals surface area (Å²) in [6, 6.07) is 26.0. The molecule has 4 aromatic rings. The maximum atomic E-state index is 3.63. The fraction of sp³-hybridized carbons (Fsp3) is 0. The summed E-state index contributed by atoms with van der Waals surface area (Å²) in [5.41, 5.74) is 2.42. The van der Waals surface area contributed by atoms with Crippen molar-refractivity contribution < 1.29 is 0 Å². The summed E-state index contributed by atoms with van der Waals surface area (Å²) < 4.78 is 0. The SMILES string of the molecule is c1ccc2c(c1)Nc1c(ccc3cc4ccccc4cc13)S2. The van der Waals surface area contributed by atoms with Gasteiger partial charge in [-0.3, -0.25) is 0 Å². The summed E-state index contributed by atoms with van der Waals surface area (Å²) in [4.78, 5) is 2.58. The highest BCUT2D eigenvalue weighted by molar-refractivity contribution is 7.99. The van der Waals surface area contributed by atoms with E-state index in [2.05, 4.69) is 78.1 Å². The van der Waals surface area contributed by atoms with E-state index < -0.39 is 0 Å². The van der Waals surface area contributed by atoms with E-state index in [0.717, 1.165) is 0 Å². The average Bonchev–Trinajstić information content (AvgIpc) is 2.58. The van der Waals surface area contributed by atoms with Crippen LogP contribution in [-0.4, -0.2) is 0 Å². The molecule has 0 aromatic heterocycles. The molecule has 1 aliphatic heterocycles. The van der Waals surface area contributed by atoms with Crippen molar-refractivity contribution in [1.82, 2.24) is 0 Å². The standard InChI is InChI=1S/C20H13NS/c1-2-6-14-12-16-15(11-13(14)5-1)9-10-19-20(16)21-17-7-3-4-8-18(17)22-19/h1-12,21H. The molecule has 2 heteroatoms. The van der Waals surface area contributed by atoms with E-state index in [1.807, 2.05) is 11.8 Å². The van der Waals surface area contributed by atoms with Gasteiger partial charge in [0.05, 0.1) is 11.4 Å². The Balaban J connectivity index is 1.81. The quantitative estimate of drug-likeness (QED) is 0.342. The lowest BCUT2D eigenvalue weighted by molar-refractivity contribution is 1.33. The van der Waals surface area contributed by atoms with Crippen molar-refractivity contribution in [2.75, 3.05) is 5.32 Å². The van der Waals surface area contributed by atoms with Gasteiger partial charge in [-0.2, -0.15) is 0 Å². The van der Waals surface area contributed by atoms with Crippen molar-refractivity contribution in [3.05, 3.63) is 72.8 Å². The average molecular weight is 299 g/mol. The number of benzene rings is 4. The molecule has 5 rings (SSSR count). The lowest BCUT2D eigenvalue weighted by atomic mass is 10.0. The molecular formula is C20H13NS. The van der Waals surface area contributed by atoms with Crippen molar-refractivity contribution in [3.8, 4) is 0 Å². The molecule has 0 atom stereocenters. The zero-order valence-corrected chi connectivity index (χ0v) is 12.7. The highest BCUT2D eigenvalue weighted by atomic mass is 32.2. The van der Waals surface area contributed by atoms with Gasteiger partial charge < -0.3 is 5.32 Å². The molecule has 0 spiro atoms. The Morgan fingerprint density at radius 2 is 1.41 bits per heavy atom. The van der Waals surface area contributed by atoms with Crippen LogP contribution >= 0.6 is 11.8 Å². The van der Waals surface area contributed by atoms with Gasteiger partial charge in [0, 0.05) is 15.2 Å². The van der Waals surface area contributed by atoms with Crippen LogP contribution in [-0.2, 0) is 0 Å². The molecule has 0 bridgehead atoms. The Bertz CT molecular complexity index is 1040. The monoisotopic (exact) mass is 299 g/mol. The van der Waals surface area contributed by atoms with Gasteiger partial charge in [-0.25, -0.2) is 0 Å². The predicted octanol–water partition coefficient (Wildman–Crippen LogP) is 6.20. The topological polar surface area (TPSA) is 12.0 Å². The first kappa shape index (κ1) is 12.1. The van der Waals surface area contributed by atoms with Gasteiger partial charge in [0.2, 0.25) is 0 Å². The first-order valence-corrected chi connectivity index (χ1v) is 8.19. The maximum absolute atomic E-state index is 3.63. The molecule has 1 heterocycles. The normalized spacial score (nSPS) is 12.7. The molecule has 1 nitrogen and oxygen atoms in total. The van der Waals surface area contributed by atoms with Crippen LogP contribution in [0.2, 0.25) is 0 Å². The van der Waals surface area contributed by atoms with Crippen LogP contribution in [0.25, 0.3) is 21.5 Å². The molecule has 0 aliphatic carbocycles. The largest absolute Gasteiger partial charge is 0.353 e. The van der Waals surface area contributed by atoms with Gasteiger partial charge in [0.1, 0.15) is 0 Å². The van der Waals surface area contributed by atoms with Crippen LogP contribution in [0.1, 0.15) is 0 Å². The van der Waals surface area contributed by atoms with Crippen LogP contribution in [0.15, 0.2) is 82.6 Å². The second-order valence-electron chi connectivity index (χ2n) is 5.58. The molecule has 1 N–H and O–H groups in total. The summed E-state index contributed by atoms with van der Waals surface area (Å²) in [5.74, 6) is 0. The minimum atomic E-state index is 1.20. The molecule has 0 saturated carbocycles. The van der Waals surface area contributed by atoms with E-state index in [4.69, 9.17) is 0 Å². The Labute approximate surface area is 133 Å². The molecule has 0 fully saturated rings. The number of rotatable bonds is 0. The van der Waals surface area contributed by atoms with E-state index in [-0.39, 0.29) is 0 Å². The summed E-state index contributed by atoms with van der Waals surface area (Å²) in [5, 5.41) is 8.78. The molecule has 22 heavy (non-hydrogen) atoms. The molecule has 0 amide bonds. The summed E-state index contributed by atoms with van der Waals surface area (Å²) in [6.07, 6.45) is 0. The van der Waals surface area contributed by atoms with Gasteiger partial charge in [-0.1, -0.05) is 54.2 Å². The van der Waals surface area contributed by atoms with Crippen LogP contribution < -0.4 is 5.32 Å². The number of hydrogen-bond donors (Lipinski definition) is 1. The number of hydrogen-bond acceptors (Lipinski definition) is 2. The van der Waals surface area contributed by atoms with E-state index in [9.17, 15) is 0 Å².